The second-order valence-corrected chi connectivity index (χ2v) is 7.64. The van der Waals surface area contributed by atoms with Gasteiger partial charge in [0, 0.05) is 12.2 Å². The molecule has 0 aromatic heterocycles. The summed E-state index contributed by atoms with van der Waals surface area (Å²) in [4.78, 5) is 0.306. The zero-order valence-electron chi connectivity index (χ0n) is 12.6. The third-order valence-electron chi connectivity index (χ3n) is 4.15. The molecule has 5 heteroatoms. The van der Waals surface area contributed by atoms with Crippen molar-refractivity contribution in [1.82, 2.24) is 4.31 Å². The number of anilines is 1. The summed E-state index contributed by atoms with van der Waals surface area (Å²) in [5.74, 6) is 0. The minimum atomic E-state index is -3.49. The van der Waals surface area contributed by atoms with Crippen molar-refractivity contribution in [1.29, 1.82) is 0 Å². The second-order valence-electron chi connectivity index (χ2n) is 5.75. The minimum absolute atomic E-state index is 0.0804. The third kappa shape index (κ3) is 2.74. The van der Waals surface area contributed by atoms with E-state index in [4.69, 9.17) is 5.73 Å². The molecule has 1 fully saturated rings. The Balaban J connectivity index is 1.95. The Hall–Kier alpha value is -1.85. The predicted molar refractivity (Wildman–Crippen MR) is 87.9 cm³/mol. The lowest BCUT2D eigenvalue weighted by molar-refractivity contribution is 0.396. The van der Waals surface area contributed by atoms with E-state index in [-0.39, 0.29) is 6.04 Å². The summed E-state index contributed by atoms with van der Waals surface area (Å²) in [7, 11) is -3.49. The van der Waals surface area contributed by atoms with Crippen molar-refractivity contribution in [3.8, 4) is 0 Å². The molecule has 0 saturated carbocycles. The average molecular weight is 316 g/mol. The minimum Gasteiger partial charge on any atom is -0.399 e. The Morgan fingerprint density at radius 3 is 2.32 bits per heavy atom. The average Bonchev–Trinajstić information content (AvgIpc) is 2.99. The van der Waals surface area contributed by atoms with Crippen LogP contribution in [0.1, 0.15) is 30.0 Å². The maximum Gasteiger partial charge on any atom is 0.243 e. The monoisotopic (exact) mass is 316 g/mol. The van der Waals surface area contributed by atoms with E-state index in [0.717, 1.165) is 18.4 Å². The number of rotatable bonds is 3. The first-order valence-corrected chi connectivity index (χ1v) is 8.86. The van der Waals surface area contributed by atoms with Gasteiger partial charge >= 0.3 is 0 Å². The van der Waals surface area contributed by atoms with Gasteiger partial charge in [-0.1, -0.05) is 29.8 Å². The molecule has 1 aliphatic rings. The Morgan fingerprint density at radius 2 is 1.68 bits per heavy atom. The molecule has 0 amide bonds. The molecule has 22 heavy (non-hydrogen) atoms. The van der Waals surface area contributed by atoms with Gasteiger partial charge in [-0.05, 0) is 49.6 Å². The summed E-state index contributed by atoms with van der Waals surface area (Å²) in [5, 5.41) is 0. The van der Waals surface area contributed by atoms with Crippen molar-refractivity contribution in [3.05, 3.63) is 59.7 Å². The van der Waals surface area contributed by atoms with Gasteiger partial charge in [-0.25, -0.2) is 8.42 Å². The number of nitrogens with two attached hydrogens (primary N) is 1. The number of hydrogen-bond acceptors (Lipinski definition) is 3. The Morgan fingerprint density at radius 1 is 1.05 bits per heavy atom. The highest BCUT2D eigenvalue weighted by Crippen LogP contribution is 2.36. The highest BCUT2D eigenvalue weighted by Gasteiger charge is 2.35. The van der Waals surface area contributed by atoms with Crippen LogP contribution in [0.5, 0.6) is 0 Å². The Labute approximate surface area is 131 Å². The molecule has 1 heterocycles. The first-order valence-electron chi connectivity index (χ1n) is 7.42. The standard InChI is InChI=1S/C17H20N2O2S/c1-13-4-6-14(7-5-13)17-3-2-12-19(17)22(20,21)16-10-8-15(18)9-11-16/h4-11,17H,2-3,12,18H2,1H3. The topological polar surface area (TPSA) is 63.4 Å². The molecular weight excluding hydrogens is 296 g/mol. The zero-order chi connectivity index (χ0) is 15.7. The molecule has 2 aromatic rings. The van der Waals surface area contributed by atoms with Gasteiger partial charge in [0.05, 0.1) is 10.9 Å². The number of benzene rings is 2. The molecule has 1 saturated heterocycles. The number of aryl methyl sites for hydroxylation is 1. The molecule has 116 valence electrons. The second kappa shape index (κ2) is 5.74. The fourth-order valence-electron chi connectivity index (χ4n) is 2.92. The maximum atomic E-state index is 12.9. The summed E-state index contributed by atoms with van der Waals surface area (Å²) in [6.07, 6.45) is 1.74. The lowest BCUT2D eigenvalue weighted by atomic mass is 10.0. The van der Waals surface area contributed by atoms with E-state index in [9.17, 15) is 8.42 Å². The van der Waals surface area contributed by atoms with Crippen LogP contribution in [0.2, 0.25) is 0 Å². The molecule has 4 nitrogen and oxygen atoms in total. The summed E-state index contributed by atoms with van der Waals surface area (Å²) >= 11 is 0. The normalized spacial score (nSPS) is 19.4. The van der Waals surface area contributed by atoms with Crippen LogP contribution in [-0.2, 0) is 10.0 Å². The van der Waals surface area contributed by atoms with Gasteiger partial charge in [0.2, 0.25) is 10.0 Å². The quantitative estimate of drug-likeness (QED) is 0.885. The van der Waals surface area contributed by atoms with Crippen LogP contribution in [0.4, 0.5) is 5.69 Å². The van der Waals surface area contributed by atoms with E-state index in [2.05, 4.69) is 0 Å². The van der Waals surface area contributed by atoms with Crippen molar-refractivity contribution >= 4 is 15.7 Å². The third-order valence-corrected chi connectivity index (χ3v) is 6.07. The Kier molecular flexibility index (Phi) is 3.93. The summed E-state index contributed by atoms with van der Waals surface area (Å²) in [5.41, 5.74) is 8.45. The van der Waals surface area contributed by atoms with Crippen LogP contribution < -0.4 is 5.73 Å². The summed E-state index contributed by atoms with van der Waals surface area (Å²) in [6.45, 7) is 2.59. The summed E-state index contributed by atoms with van der Waals surface area (Å²) in [6, 6.07) is 14.4. The lowest BCUT2D eigenvalue weighted by Crippen LogP contribution is -2.30. The van der Waals surface area contributed by atoms with Gasteiger partial charge in [-0.3, -0.25) is 0 Å². The van der Waals surface area contributed by atoms with Crippen molar-refractivity contribution in [3.63, 3.8) is 0 Å². The molecule has 0 spiro atoms. The first kappa shape index (κ1) is 15.1. The molecule has 1 unspecified atom stereocenters. The highest BCUT2D eigenvalue weighted by molar-refractivity contribution is 7.89. The number of nitrogens with zero attached hydrogens (tertiary/aromatic N) is 1. The molecule has 0 aliphatic carbocycles. The number of nitrogen functional groups attached to an aromatic ring is 1. The van der Waals surface area contributed by atoms with Gasteiger partial charge in [-0.15, -0.1) is 0 Å². The van der Waals surface area contributed by atoms with Crippen molar-refractivity contribution in [2.75, 3.05) is 12.3 Å². The predicted octanol–water partition coefficient (Wildman–Crippen LogP) is 3.10. The SMILES string of the molecule is Cc1ccc(C2CCCN2S(=O)(=O)c2ccc(N)cc2)cc1. The molecule has 0 bridgehead atoms. The fraction of sp³-hybridized carbons (Fsp3) is 0.294. The van der Waals surface area contributed by atoms with Crippen LogP contribution in [0.25, 0.3) is 0 Å². The Bertz CT molecular complexity index is 752. The number of sulfonamides is 1. The molecule has 1 aliphatic heterocycles. The van der Waals surface area contributed by atoms with E-state index < -0.39 is 10.0 Å². The van der Waals surface area contributed by atoms with Crippen LogP contribution >= 0.6 is 0 Å². The van der Waals surface area contributed by atoms with Crippen molar-refractivity contribution in [2.24, 2.45) is 0 Å². The molecule has 2 aromatic carbocycles. The van der Waals surface area contributed by atoms with E-state index in [1.165, 1.54) is 5.56 Å². The van der Waals surface area contributed by atoms with Crippen molar-refractivity contribution < 1.29 is 8.42 Å². The van der Waals surface area contributed by atoms with Gasteiger partial charge < -0.3 is 5.73 Å². The highest BCUT2D eigenvalue weighted by atomic mass is 32.2. The zero-order valence-corrected chi connectivity index (χ0v) is 13.4. The van der Waals surface area contributed by atoms with Crippen LogP contribution in [0.3, 0.4) is 0 Å². The maximum absolute atomic E-state index is 12.9. The van der Waals surface area contributed by atoms with Crippen LogP contribution in [-0.4, -0.2) is 19.3 Å². The van der Waals surface area contributed by atoms with Crippen LogP contribution in [0.15, 0.2) is 53.4 Å². The van der Waals surface area contributed by atoms with Crippen molar-refractivity contribution in [2.45, 2.75) is 30.7 Å². The van der Waals surface area contributed by atoms with E-state index >= 15 is 0 Å². The lowest BCUT2D eigenvalue weighted by Gasteiger charge is -2.24. The molecule has 2 N–H and O–H groups in total. The van der Waals surface area contributed by atoms with Gasteiger partial charge in [0.25, 0.3) is 0 Å². The molecular formula is C17H20N2O2S. The van der Waals surface area contributed by atoms with E-state index in [1.54, 1.807) is 28.6 Å². The summed E-state index contributed by atoms with van der Waals surface area (Å²) < 4.78 is 27.4. The molecule has 1 atom stereocenters. The van der Waals surface area contributed by atoms with Gasteiger partial charge in [0.15, 0.2) is 0 Å². The van der Waals surface area contributed by atoms with E-state index in [1.807, 2.05) is 31.2 Å². The molecule has 3 rings (SSSR count). The number of hydrogen-bond donors (Lipinski definition) is 1. The van der Waals surface area contributed by atoms with Gasteiger partial charge in [-0.2, -0.15) is 4.31 Å². The fourth-order valence-corrected chi connectivity index (χ4v) is 4.61. The van der Waals surface area contributed by atoms with Gasteiger partial charge in [0.1, 0.15) is 0 Å². The van der Waals surface area contributed by atoms with Crippen LogP contribution in [0, 0.1) is 6.92 Å². The smallest absolute Gasteiger partial charge is 0.243 e. The first-order chi connectivity index (χ1) is 10.5. The largest absolute Gasteiger partial charge is 0.399 e. The van der Waals surface area contributed by atoms with E-state index in [0.29, 0.717) is 17.1 Å². The molecule has 0 radical (unpaired) electrons.